The van der Waals surface area contributed by atoms with E-state index in [1.165, 1.54) is 44.2 Å². The van der Waals surface area contributed by atoms with Crippen molar-refractivity contribution in [3.63, 3.8) is 0 Å². The Morgan fingerprint density at radius 2 is 1.83 bits per heavy atom. The number of benzene rings is 2. The third kappa shape index (κ3) is 5.16. The highest BCUT2D eigenvalue weighted by Crippen LogP contribution is 2.29. The molecule has 2 aromatic carbocycles. The monoisotopic (exact) mass is 398 g/mol. The average Bonchev–Trinajstić information content (AvgIpc) is 2.75. The Morgan fingerprint density at radius 3 is 2.45 bits per heavy atom. The molecule has 29 heavy (non-hydrogen) atoms. The van der Waals surface area contributed by atoms with Gasteiger partial charge in [-0.05, 0) is 62.6 Å². The molecule has 2 aromatic rings. The second-order valence-corrected chi connectivity index (χ2v) is 7.09. The normalized spacial score (nSPS) is 14.8. The van der Waals surface area contributed by atoms with Crippen LogP contribution in [0.25, 0.3) is 0 Å². The van der Waals surface area contributed by atoms with E-state index in [0.717, 1.165) is 18.8 Å². The molecule has 8 nitrogen and oxygen atoms in total. The fourth-order valence-corrected chi connectivity index (χ4v) is 3.37. The van der Waals surface area contributed by atoms with E-state index in [1.54, 1.807) is 13.0 Å². The van der Waals surface area contributed by atoms with Crippen LogP contribution in [0.5, 0.6) is 5.75 Å². The molecule has 1 atom stereocenters. The van der Waals surface area contributed by atoms with Crippen LogP contribution < -0.4 is 20.3 Å². The number of anilines is 3. The van der Waals surface area contributed by atoms with Gasteiger partial charge in [-0.25, -0.2) is 0 Å². The number of hydrogen-bond acceptors (Lipinski definition) is 6. The molecular weight excluding hydrogens is 372 g/mol. The van der Waals surface area contributed by atoms with Gasteiger partial charge >= 0.3 is 0 Å². The highest BCUT2D eigenvalue weighted by Gasteiger charge is 2.20. The summed E-state index contributed by atoms with van der Waals surface area (Å²) < 4.78 is 5.01. The zero-order valence-electron chi connectivity index (χ0n) is 16.7. The van der Waals surface area contributed by atoms with Crippen LogP contribution in [0.15, 0.2) is 42.5 Å². The van der Waals surface area contributed by atoms with Crippen LogP contribution in [0.2, 0.25) is 0 Å². The predicted molar refractivity (Wildman–Crippen MR) is 114 cm³/mol. The van der Waals surface area contributed by atoms with Crippen molar-refractivity contribution in [2.24, 2.45) is 0 Å². The van der Waals surface area contributed by atoms with Crippen LogP contribution in [-0.2, 0) is 4.79 Å². The second-order valence-electron chi connectivity index (χ2n) is 7.09. The molecule has 1 amide bonds. The van der Waals surface area contributed by atoms with E-state index < -0.39 is 11.0 Å². The number of nitrogens with one attached hydrogen (secondary N) is 2. The molecule has 1 unspecified atom stereocenters. The van der Waals surface area contributed by atoms with Crippen molar-refractivity contribution in [3.8, 4) is 5.75 Å². The van der Waals surface area contributed by atoms with Gasteiger partial charge < -0.3 is 20.3 Å². The zero-order chi connectivity index (χ0) is 20.8. The van der Waals surface area contributed by atoms with Crippen LogP contribution >= 0.6 is 0 Å². The molecule has 3 rings (SSSR count). The van der Waals surface area contributed by atoms with Crippen molar-refractivity contribution in [3.05, 3.63) is 52.6 Å². The van der Waals surface area contributed by atoms with Crippen LogP contribution in [-0.4, -0.2) is 37.1 Å². The van der Waals surface area contributed by atoms with Gasteiger partial charge in [-0.3, -0.25) is 14.9 Å². The van der Waals surface area contributed by atoms with E-state index in [2.05, 4.69) is 15.5 Å². The van der Waals surface area contributed by atoms with Gasteiger partial charge in [0.05, 0.1) is 18.1 Å². The number of nitrogens with zero attached hydrogens (tertiary/aromatic N) is 2. The van der Waals surface area contributed by atoms with Crippen LogP contribution in [0, 0.1) is 10.1 Å². The number of methoxy groups -OCH3 is 1. The molecule has 0 saturated carbocycles. The molecular formula is C21H26N4O4. The predicted octanol–water partition coefficient (Wildman–Crippen LogP) is 4.03. The summed E-state index contributed by atoms with van der Waals surface area (Å²) >= 11 is 0. The van der Waals surface area contributed by atoms with E-state index in [4.69, 9.17) is 4.74 Å². The molecule has 1 fully saturated rings. The van der Waals surface area contributed by atoms with E-state index in [9.17, 15) is 14.9 Å². The molecule has 1 aliphatic rings. The van der Waals surface area contributed by atoms with Crippen LogP contribution in [0.4, 0.5) is 22.7 Å². The minimum absolute atomic E-state index is 0.134. The maximum Gasteiger partial charge on any atom is 0.296 e. The van der Waals surface area contributed by atoms with Gasteiger partial charge in [-0.2, -0.15) is 0 Å². The fraction of sp³-hybridized carbons (Fsp3) is 0.381. The lowest BCUT2D eigenvalue weighted by atomic mass is 10.1. The van der Waals surface area contributed by atoms with Gasteiger partial charge in [0.1, 0.15) is 17.5 Å². The number of piperidine rings is 1. The molecule has 1 heterocycles. The lowest BCUT2D eigenvalue weighted by Gasteiger charge is -2.29. The molecule has 0 spiro atoms. The van der Waals surface area contributed by atoms with Crippen LogP contribution in [0.3, 0.4) is 0 Å². The van der Waals surface area contributed by atoms with Gasteiger partial charge in [0.25, 0.3) is 5.69 Å². The van der Waals surface area contributed by atoms with Crippen molar-refractivity contribution >= 4 is 28.7 Å². The van der Waals surface area contributed by atoms with Crippen molar-refractivity contribution in [2.75, 3.05) is 35.7 Å². The Morgan fingerprint density at radius 1 is 1.14 bits per heavy atom. The van der Waals surface area contributed by atoms with Crippen molar-refractivity contribution in [1.82, 2.24) is 0 Å². The summed E-state index contributed by atoms with van der Waals surface area (Å²) in [5, 5.41) is 17.0. The van der Waals surface area contributed by atoms with Gasteiger partial charge in [0, 0.05) is 24.5 Å². The summed E-state index contributed by atoms with van der Waals surface area (Å²) in [4.78, 5) is 25.6. The van der Waals surface area contributed by atoms with Gasteiger partial charge in [0.2, 0.25) is 5.91 Å². The Kier molecular flexibility index (Phi) is 6.54. The summed E-state index contributed by atoms with van der Waals surface area (Å²) in [7, 11) is 1.43. The van der Waals surface area contributed by atoms with Gasteiger partial charge in [-0.1, -0.05) is 0 Å². The molecule has 8 heteroatoms. The Bertz CT molecular complexity index is 863. The molecule has 0 aromatic heterocycles. The summed E-state index contributed by atoms with van der Waals surface area (Å²) in [5.41, 5.74) is 1.92. The number of rotatable bonds is 7. The first-order chi connectivity index (χ1) is 14.0. The first-order valence-corrected chi connectivity index (χ1v) is 9.73. The van der Waals surface area contributed by atoms with E-state index in [0.29, 0.717) is 5.75 Å². The first-order valence-electron chi connectivity index (χ1n) is 9.73. The molecule has 1 aliphatic heterocycles. The van der Waals surface area contributed by atoms with E-state index in [1.807, 2.05) is 24.3 Å². The third-order valence-corrected chi connectivity index (χ3v) is 5.02. The van der Waals surface area contributed by atoms with Crippen molar-refractivity contribution in [1.29, 1.82) is 0 Å². The summed E-state index contributed by atoms with van der Waals surface area (Å²) in [6.45, 7) is 3.86. The lowest BCUT2D eigenvalue weighted by molar-refractivity contribution is -0.384. The molecule has 0 bridgehead atoms. The number of ether oxygens (including phenoxy) is 1. The Labute approximate surface area is 170 Å². The van der Waals surface area contributed by atoms with E-state index >= 15 is 0 Å². The third-order valence-electron chi connectivity index (χ3n) is 5.02. The number of nitro groups is 1. The topological polar surface area (TPSA) is 96.7 Å². The fourth-order valence-electron chi connectivity index (χ4n) is 3.37. The van der Waals surface area contributed by atoms with Crippen molar-refractivity contribution < 1.29 is 14.5 Å². The summed E-state index contributed by atoms with van der Waals surface area (Å²) in [6, 6.07) is 11.7. The molecule has 0 aliphatic carbocycles. The lowest BCUT2D eigenvalue weighted by Crippen LogP contribution is -2.32. The smallest absolute Gasteiger partial charge is 0.296 e. The molecule has 0 radical (unpaired) electrons. The maximum atomic E-state index is 12.5. The number of nitro benzene ring substituents is 1. The number of carbonyl (C=O) groups excluding carboxylic acids is 1. The number of carbonyl (C=O) groups is 1. The largest absolute Gasteiger partial charge is 0.496 e. The van der Waals surface area contributed by atoms with E-state index in [-0.39, 0.29) is 17.3 Å². The van der Waals surface area contributed by atoms with Crippen molar-refractivity contribution in [2.45, 2.75) is 32.2 Å². The minimum Gasteiger partial charge on any atom is -0.496 e. The second kappa shape index (κ2) is 9.27. The van der Waals surface area contributed by atoms with Crippen LogP contribution in [0.1, 0.15) is 26.2 Å². The summed E-state index contributed by atoms with van der Waals surface area (Å²) in [6.07, 6.45) is 3.72. The zero-order valence-corrected chi connectivity index (χ0v) is 16.7. The summed E-state index contributed by atoms with van der Waals surface area (Å²) in [5.74, 6) is -0.00644. The quantitative estimate of drug-likeness (QED) is 0.540. The number of amides is 1. The molecule has 2 N–H and O–H groups in total. The first kappa shape index (κ1) is 20.4. The molecule has 154 valence electrons. The standard InChI is InChI=1S/C21H26N4O4/c1-15(21(26)23-19-11-10-18(29-2)14-20(19)25(27)28)22-16-6-8-17(9-7-16)24-12-4-3-5-13-24/h6-11,14-15,22H,3-5,12-13H2,1-2H3,(H,23,26). The average molecular weight is 398 g/mol. The maximum absolute atomic E-state index is 12.5. The highest BCUT2D eigenvalue weighted by atomic mass is 16.6. The Hall–Kier alpha value is -3.29. The number of hydrogen-bond donors (Lipinski definition) is 2. The highest BCUT2D eigenvalue weighted by molar-refractivity contribution is 5.98. The SMILES string of the molecule is COc1ccc(NC(=O)C(C)Nc2ccc(N3CCCCC3)cc2)c([N+](=O)[O-])c1. The minimum atomic E-state index is -0.572. The van der Waals surface area contributed by atoms with Gasteiger partial charge in [-0.15, -0.1) is 0 Å². The van der Waals surface area contributed by atoms with Gasteiger partial charge in [0.15, 0.2) is 0 Å². The molecule has 1 saturated heterocycles. The Balaban J connectivity index is 1.63.